The van der Waals surface area contributed by atoms with Crippen LogP contribution in [-0.4, -0.2) is 41.9 Å². The van der Waals surface area contributed by atoms with Crippen LogP contribution in [0.25, 0.3) is 0 Å². The van der Waals surface area contributed by atoms with Crippen LogP contribution in [0.2, 0.25) is 0 Å². The molecule has 0 aliphatic carbocycles. The summed E-state index contributed by atoms with van der Waals surface area (Å²) in [6, 6.07) is 16.2. The van der Waals surface area contributed by atoms with Gasteiger partial charge in [-0.25, -0.2) is 4.79 Å². The van der Waals surface area contributed by atoms with Crippen molar-refractivity contribution in [2.45, 2.75) is 39.7 Å². The molecule has 0 aromatic heterocycles. The van der Waals surface area contributed by atoms with E-state index in [1.54, 1.807) is 29.2 Å². The van der Waals surface area contributed by atoms with Crippen LogP contribution in [0.15, 0.2) is 54.6 Å². The number of urea groups is 1. The number of amides is 4. The fourth-order valence-corrected chi connectivity index (χ4v) is 3.28. The van der Waals surface area contributed by atoms with E-state index in [2.05, 4.69) is 16.0 Å². The number of likely N-dealkylation sites (tertiary alicyclic amines) is 1. The molecule has 31 heavy (non-hydrogen) atoms. The van der Waals surface area contributed by atoms with Crippen molar-refractivity contribution in [2.75, 3.05) is 23.7 Å². The molecule has 0 unspecified atom stereocenters. The second-order valence-corrected chi connectivity index (χ2v) is 8.82. The molecule has 0 saturated carbocycles. The minimum atomic E-state index is -0.515. The van der Waals surface area contributed by atoms with Crippen molar-refractivity contribution >= 4 is 29.2 Å². The molecule has 4 amide bonds. The summed E-state index contributed by atoms with van der Waals surface area (Å²) < 4.78 is 0. The molecule has 0 atom stereocenters. The van der Waals surface area contributed by atoms with Gasteiger partial charge in [0, 0.05) is 41.5 Å². The maximum atomic E-state index is 12.7. The highest BCUT2D eigenvalue weighted by Crippen LogP contribution is 2.19. The Morgan fingerprint density at radius 2 is 1.52 bits per heavy atom. The molecule has 7 nitrogen and oxygen atoms in total. The van der Waals surface area contributed by atoms with Gasteiger partial charge in [0.15, 0.2) is 0 Å². The van der Waals surface area contributed by atoms with Crippen LogP contribution in [-0.2, 0) is 4.79 Å². The number of para-hydroxylation sites is 1. The van der Waals surface area contributed by atoms with Crippen LogP contribution in [0.1, 0.15) is 44.0 Å². The maximum absolute atomic E-state index is 12.7. The predicted molar refractivity (Wildman–Crippen MR) is 122 cm³/mol. The van der Waals surface area contributed by atoms with Crippen molar-refractivity contribution in [3.63, 3.8) is 0 Å². The molecule has 0 spiro atoms. The largest absolute Gasteiger partial charge is 0.349 e. The fourth-order valence-electron chi connectivity index (χ4n) is 3.28. The number of anilines is 2. The smallest absolute Gasteiger partial charge is 0.321 e. The molecule has 0 bridgehead atoms. The number of hydrogen-bond acceptors (Lipinski definition) is 3. The number of piperidine rings is 1. The van der Waals surface area contributed by atoms with Gasteiger partial charge in [0.1, 0.15) is 0 Å². The molecule has 2 aromatic rings. The van der Waals surface area contributed by atoms with Crippen molar-refractivity contribution < 1.29 is 14.4 Å². The zero-order valence-corrected chi connectivity index (χ0v) is 18.3. The van der Waals surface area contributed by atoms with E-state index in [0.717, 1.165) is 5.69 Å². The topological polar surface area (TPSA) is 90.5 Å². The summed E-state index contributed by atoms with van der Waals surface area (Å²) >= 11 is 0. The van der Waals surface area contributed by atoms with Crippen LogP contribution in [0.3, 0.4) is 0 Å². The molecule has 1 fully saturated rings. The van der Waals surface area contributed by atoms with Crippen molar-refractivity contribution in [1.29, 1.82) is 0 Å². The number of benzene rings is 2. The maximum Gasteiger partial charge on any atom is 0.321 e. The minimum absolute atomic E-state index is 0.00102. The Bertz CT molecular complexity index is 929. The summed E-state index contributed by atoms with van der Waals surface area (Å²) in [5, 5.41) is 8.78. The van der Waals surface area contributed by atoms with Crippen LogP contribution >= 0.6 is 0 Å². The Morgan fingerprint density at radius 1 is 0.871 bits per heavy atom. The van der Waals surface area contributed by atoms with E-state index in [-0.39, 0.29) is 23.9 Å². The van der Waals surface area contributed by atoms with Crippen LogP contribution < -0.4 is 16.0 Å². The van der Waals surface area contributed by atoms with Gasteiger partial charge >= 0.3 is 6.03 Å². The average molecular weight is 423 g/mol. The van der Waals surface area contributed by atoms with Gasteiger partial charge in [-0.3, -0.25) is 9.59 Å². The third-order valence-corrected chi connectivity index (χ3v) is 5.21. The van der Waals surface area contributed by atoms with Gasteiger partial charge < -0.3 is 20.9 Å². The van der Waals surface area contributed by atoms with Crippen LogP contribution in [0.5, 0.6) is 0 Å². The Morgan fingerprint density at radius 3 is 2.16 bits per heavy atom. The zero-order valence-electron chi connectivity index (χ0n) is 18.3. The van der Waals surface area contributed by atoms with E-state index in [4.69, 9.17) is 0 Å². The lowest BCUT2D eigenvalue weighted by Crippen LogP contribution is -2.47. The third kappa shape index (κ3) is 6.31. The number of hydrogen-bond donors (Lipinski definition) is 3. The SMILES string of the molecule is CC(C)(C)C(=O)Nc1cccc(C(=O)NC2CCN(C(=O)Nc3ccccc3)CC2)c1. The minimum Gasteiger partial charge on any atom is -0.349 e. The number of carbonyl (C=O) groups excluding carboxylic acids is 3. The normalized spacial score (nSPS) is 14.6. The molecule has 0 radical (unpaired) electrons. The summed E-state index contributed by atoms with van der Waals surface area (Å²) in [6.07, 6.45) is 1.38. The van der Waals surface area contributed by atoms with Crippen molar-refractivity contribution in [2.24, 2.45) is 5.41 Å². The molecule has 1 aliphatic rings. The van der Waals surface area contributed by atoms with E-state index in [0.29, 0.717) is 37.2 Å². The van der Waals surface area contributed by atoms with E-state index >= 15 is 0 Å². The van der Waals surface area contributed by atoms with Gasteiger partial charge in [0.2, 0.25) is 5.91 Å². The second kappa shape index (κ2) is 9.64. The van der Waals surface area contributed by atoms with E-state index < -0.39 is 5.41 Å². The first kappa shape index (κ1) is 22.3. The Kier molecular flexibility index (Phi) is 6.95. The van der Waals surface area contributed by atoms with Gasteiger partial charge in [-0.05, 0) is 43.2 Å². The number of rotatable bonds is 4. The molecule has 1 heterocycles. The molecule has 7 heteroatoms. The summed E-state index contributed by atoms with van der Waals surface area (Å²) in [7, 11) is 0. The summed E-state index contributed by atoms with van der Waals surface area (Å²) in [5.74, 6) is -0.287. The van der Waals surface area contributed by atoms with Gasteiger partial charge in [0.25, 0.3) is 5.91 Å². The molecule has 3 N–H and O–H groups in total. The van der Waals surface area contributed by atoms with Gasteiger partial charge in [-0.1, -0.05) is 45.0 Å². The average Bonchev–Trinajstić information content (AvgIpc) is 2.74. The standard InChI is InChI=1S/C24H30N4O3/c1-24(2,3)22(30)26-20-11-7-8-17(16-20)21(29)25-19-12-14-28(15-13-19)23(31)27-18-9-5-4-6-10-18/h4-11,16,19H,12-15H2,1-3H3,(H,25,29)(H,26,30)(H,27,31). The monoisotopic (exact) mass is 422 g/mol. The summed E-state index contributed by atoms with van der Waals surface area (Å²) in [4.78, 5) is 39.0. The third-order valence-electron chi connectivity index (χ3n) is 5.21. The van der Waals surface area contributed by atoms with Crippen molar-refractivity contribution in [3.05, 3.63) is 60.2 Å². The number of carbonyl (C=O) groups is 3. The van der Waals surface area contributed by atoms with Gasteiger partial charge in [0.05, 0.1) is 0 Å². The highest BCUT2D eigenvalue weighted by Gasteiger charge is 2.25. The van der Waals surface area contributed by atoms with Gasteiger partial charge in [-0.2, -0.15) is 0 Å². The Balaban J connectivity index is 1.50. The second-order valence-electron chi connectivity index (χ2n) is 8.82. The molecule has 1 saturated heterocycles. The lowest BCUT2D eigenvalue weighted by Gasteiger charge is -2.32. The molecule has 1 aliphatic heterocycles. The predicted octanol–water partition coefficient (Wildman–Crippen LogP) is 4.10. The quantitative estimate of drug-likeness (QED) is 0.693. The Labute approximate surface area is 183 Å². The molecule has 2 aromatic carbocycles. The highest BCUT2D eigenvalue weighted by molar-refractivity contribution is 5.98. The molecule has 3 rings (SSSR count). The first-order valence-corrected chi connectivity index (χ1v) is 10.6. The first-order chi connectivity index (χ1) is 14.7. The van der Waals surface area contributed by atoms with Crippen LogP contribution in [0, 0.1) is 5.41 Å². The fraction of sp³-hybridized carbons (Fsp3) is 0.375. The molecular formula is C24H30N4O3. The van der Waals surface area contributed by atoms with E-state index in [1.165, 1.54) is 0 Å². The molecular weight excluding hydrogens is 392 g/mol. The van der Waals surface area contributed by atoms with Crippen molar-refractivity contribution in [3.8, 4) is 0 Å². The van der Waals surface area contributed by atoms with Crippen LogP contribution in [0.4, 0.5) is 16.2 Å². The van der Waals surface area contributed by atoms with Crippen molar-refractivity contribution in [1.82, 2.24) is 10.2 Å². The highest BCUT2D eigenvalue weighted by atomic mass is 16.2. The zero-order chi connectivity index (χ0) is 22.4. The lowest BCUT2D eigenvalue weighted by atomic mass is 9.95. The number of nitrogens with zero attached hydrogens (tertiary/aromatic N) is 1. The lowest BCUT2D eigenvalue weighted by molar-refractivity contribution is -0.123. The number of nitrogens with one attached hydrogen (secondary N) is 3. The van der Waals surface area contributed by atoms with Gasteiger partial charge in [-0.15, -0.1) is 0 Å². The van der Waals surface area contributed by atoms with E-state index in [9.17, 15) is 14.4 Å². The first-order valence-electron chi connectivity index (χ1n) is 10.6. The van der Waals surface area contributed by atoms with E-state index in [1.807, 2.05) is 51.1 Å². The summed E-state index contributed by atoms with van der Waals surface area (Å²) in [6.45, 7) is 6.67. The Hall–Kier alpha value is -3.35. The molecule has 164 valence electrons. The summed E-state index contributed by atoms with van der Waals surface area (Å²) in [5.41, 5.74) is 1.34.